The lowest BCUT2D eigenvalue weighted by Crippen LogP contribution is -2.07. The molecule has 0 amide bonds. The molecule has 0 aliphatic carbocycles. The van der Waals surface area contributed by atoms with Gasteiger partial charge in [-0.3, -0.25) is 0 Å². The summed E-state index contributed by atoms with van der Waals surface area (Å²) in [5, 5.41) is 0. The van der Waals surface area contributed by atoms with E-state index in [1.165, 1.54) is 6.33 Å². The monoisotopic (exact) mass is 209 g/mol. The van der Waals surface area contributed by atoms with Crippen LogP contribution in [-0.2, 0) is 0 Å². The summed E-state index contributed by atoms with van der Waals surface area (Å²) in [5.41, 5.74) is 6.71. The van der Waals surface area contributed by atoms with E-state index in [1.807, 2.05) is 0 Å². The van der Waals surface area contributed by atoms with Gasteiger partial charge in [-0.05, 0) is 12.3 Å². The maximum atomic E-state index is 5.80. The maximum absolute atomic E-state index is 5.80. The molecular formula is C11H19N3O. The van der Waals surface area contributed by atoms with Crippen LogP contribution in [0.3, 0.4) is 0 Å². The number of rotatable bonds is 5. The van der Waals surface area contributed by atoms with Crippen molar-refractivity contribution in [2.45, 2.75) is 39.5 Å². The number of hydrogen-bond donors (Lipinski definition) is 1. The summed E-state index contributed by atoms with van der Waals surface area (Å²) in [6.07, 6.45) is 3.58. The SMILES string of the molecule is CCCCOc1ncnc(N)c1C(C)C. The standard InChI is InChI=1S/C11H19N3O/c1-4-5-6-15-11-9(8(2)3)10(12)13-7-14-11/h7-8H,4-6H2,1-3H3,(H2,12,13,14). The smallest absolute Gasteiger partial charge is 0.222 e. The van der Waals surface area contributed by atoms with Crippen molar-refractivity contribution in [3.8, 4) is 5.88 Å². The Morgan fingerprint density at radius 3 is 2.73 bits per heavy atom. The van der Waals surface area contributed by atoms with E-state index in [2.05, 4.69) is 30.7 Å². The number of nitrogens with zero attached hydrogens (tertiary/aromatic N) is 2. The van der Waals surface area contributed by atoms with Crippen molar-refractivity contribution in [2.24, 2.45) is 0 Å². The summed E-state index contributed by atoms with van der Waals surface area (Å²) in [5.74, 6) is 1.43. The minimum absolute atomic E-state index is 0.280. The molecule has 0 bridgehead atoms. The molecule has 0 aliphatic heterocycles. The highest BCUT2D eigenvalue weighted by Crippen LogP contribution is 2.27. The van der Waals surface area contributed by atoms with Crippen LogP contribution in [0.15, 0.2) is 6.33 Å². The number of aromatic nitrogens is 2. The second kappa shape index (κ2) is 5.53. The highest BCUT2D eigenvalue weighted by Gasteiger charge is 2.13. The van der Waals surface area contributed by atoms with Gasteiger partial charge in [0.15, 0.2) is 0 Å². The number of hydrogen-bond acceptors (Lipinski definition) is 4. The van der Waals surface area contributed by atoms with E-state index >= 15 is 0 Å². The van der Waals surface area contributed by atoms with Crippen LogP contribution < -0.4 is 10.5 Å². The lowest BCUT2D eigenvalue weighted by molar-refractivity contribution is 0.293. The molecule has 15 heavy (non-hydrogen) atoms. The number of unbranched alkanes of at least 4 members (excludes halogenated alkanes) is 1. The van der Waals surface area contributed by atoms with E-state index < -0.39 is 0 Å². The van der Waals surface area contributed by atoms with Crippen LogP contribution in [0.2, 0.25) is 0 Å². The molecule has 4 nitrogen and oxygen atoms in total. The van der Waals surface area contributed by atoms with Gasteiger partial charge in [-0.25, -0.2) is 9.97 Å². The van der Waals surface area contributed by atoms with Gasteiger partial charge in [0.05, 0.1) is 12.2 Å². The van der Waals surface area contributed by atoms with Gasteiger partial charge >= 0.3 is 0 Å². The van der Waals surface area contributed by atoms with Gasteiger partial charge in [-0.2, -0.15) is 0 Å². The molecule has 1 heterocycles. The Kier molecular flexibility index (Phi) is 4.34. The number of ether oxygens (including phenoxy) is 1. The van der Waals surface area contributed by atoms with Crippen LogP contribution in [0.4, 0.5) is 5.82 Å². The van der Waals surface area contributed by atoms with Crippen molar-refractivity contribution in [3.05, 3.63) is 11.9 Å². The average Bonchev–Trinajstić information content (AvgIpc) is 2.17. The van der Waals surface area contributed by atoms with Gasteiger partial charge in [0.1, 0.15) is 12.1 Å². The number of nitrogens with two attached hydrogens (primary N) is 1. The van der Waals surface area contributed by atoms with Gasteiger partial charge in [0.2, 0.25) is 5.88 Å². The molecule has 84 valence electrons. The summed E-state index contributed by atoms with van der Waals surface area (Å²) < 4.78 is 5.59. The van der Waals surface area contributed by atoms with Gasteiger partial charge in [0, 0.05) is 0 Å². The third-order valence-electron chi connectivity index (χ3n) is 2.19. The highest BCUT2D eigenvalue weighted by molar-refractivity contribution is 5.46. The Bertz CT molecular complexity index is 313. The van der Waals surface area contributed by atoms with Crippen LogP contribution >= 0.6 is 0 Å². The van der Waals surface area contributed by atoms with Crippen LogP contribution in [0.1, 0.15) is 45.1 Å². The first-order chi connectivity index (χ1) is 7.16. The fourth-order valence-electron chi connectivity index (χ4n) is 1.36. The summed E-state index contributed by atoms with van der Waals surface area (Å²) in [6.45, 7) is 6.93. The molecule has 1 aromatic heterocycles. The molecule has 2 N–H and O–H groups in total. The molecule has 0 atom stereocenters. The minimum atomic E-state index is 0.280. The predicted molar refractivity (Wildman–Crippen MR) is 60.9 cm³/mol. The molecule has 0 aliphatic rings. The Labute approximate surface area is 90.9 Å². The first-order valence-electron chi connectivity index (χ1n) is 5.40. The molecule has 1 rings (SSSR count). The third-order valence-corrected chi connectivity index (χ3v) is 2.19. The largest absolute Gasteiger partial charge is 0.477 e. The second-order valence-corrected chi connectivity index (χ2v) is 3.83. The number of nitrogen functional groups attached to an aromatic ring is 1. The Balaban J connectivity index is 2.81. The molecule has 0 spiro atoms. The van der Waals surface area contributed by atoms with Gasteiger partial charge in [-0.1, -0.05) is 27.2 Å². The van der Waals surface area contributed by atoms with Crippen molar-refractivity contribution in [3.63, 3.8) is 0 Å². The highest BCUT2D eigenvalue weighted by atomic mass is 16.5. The zero-order valence-electron chi connectivity index (χ0n) is 9.66. The van der Waals surface area contributed by atoms with Crippen LogP contribution in [0.25, 0.3) is 0 Å². The van der Waals surface area contributed by atoms with Crippen LogP contribution in [-0.4, -0.2) is 16.6 Å². The molecule has 4 heteroatoms. The van der Waals surface area contributed by atoms with E-state index in [9.17, 15) is 0 Å². The van der Waals surface area contributed by atoms with Crippen molar-refractivity contribution in [2.75, 3.05) is 12.3 Å². The quantitative estimate of drug-likeness (QED) is 0.756. The predicted octanol–water partition coefficient (Wildman–Crippen LogP) is 2.36. The Morgan fingerprint density at radius 1 is 1.40 bits per heavy atom. The van der Waals surface area contributed by atoms with Crippen molar-refractivity contribution < 1.29 is 4.74 Å². The van der Waals surface area contributed by atoms with Crippen LogP contribution in [0.5, 0.6) is 5.88 Å². The van der Waals surface area contributed by atoms with E-state index in [1.54, 1.807) is 0 Å². The average molecular weight is 209 g/mol. The molecule has 0 saturated heterocycles. The zero-order chi connectivity index (χ0) is 11.3. The summed E-state index contributed by atoms with van der Waals surface area (Å²) in [4.78, 5) is 8.10. The minimum Gasteiger partial charge on any atom is -0.477 e. The van der Waals surface area contributed by atoms with Gasteiger partial charge in [-0.15, -0.1) is 0 Å². The number of anilines is 1. The third kappa shape index (κ3) is 3.08. The van der Waals surface area contributed by atoms with Crippen molar-refractivity contribution >= 4 is 5.82 Å². The Morgan fingerprint density at radius 2 is 2.13 bits per heavy atom. The first-order valence-corrected chi connectivity index (χ1v) is 5.40. The molecule has 0 saturated carbocycles. The summed E-state index contributed by atoms with van der Waals surface area (Å²) in [7, 11) is 0. The molecule has 1 aromatic rings. The van der Waals surface area contributed by atoms with E-state index in [0.717, 1.165) is 18.4 Å². The van der Waals surface area contributed by atoms with Crippen LogP contribution in [0, 0.1) is 0 Å². The van der Waals surface area contributed by atoms with Crippen molar-refractivity contribution in [1.82, 2.24) is 9.97 Å². The van der Waals surface area contributed by atoms with Crippen molar-refractivity contribution in [1.29, 1.82) is 0 Å². The second-order valence-electron chi connectivity index (χ2n) is 3.83. The maximum Gasteiger partial charge on any atom is 0.222 e. The lowest BCUT2D eigenvalue weighted by atomic mass is 10.1. The molecule has 0 radical (unpaired) electrons. The van der Waals surface area contributed by atoms with E-state index in [-0.39, 0.29) is 5.92 Å². The molecular weight excluding hydrogens is 190 g/mol. The molecule has 0 aromatic carbocycles. The van der Waals surface area contributed by atoms with E-state index in [4.69, 9.17) is 10.5 Å². The fourth-order valence-corrected chi connectivity index (χ4v) is 1.36. The van der Waals surface area contributed by atoms with E-state index in [0.29, 0.717) is 18.3 Å². The topological polar surface area (TPSA) is 61.0 Å². The normalized spacial score (nSPS) is 10.7. The lowest BCUT2D eigenvalue weighted by Gasteiger charge is -2.13. The summed E-state index contributed by atoms with van der Waals surface area (Å²) >= 11 is 0. The summed E-state index contributed by atoms with van der Waals surface area (Å²) in [6, 6.07) is 0. The fraction of sp³-hybridized carbons (Fsp3) is 0.636. The molecule has 0 unspecified atom stereocenters. The first kappa shape index (κ1) is 11.8. The zero-order valence-corrected chi connectivity index (χ0v) is 9.66. The van der Waals surface area contributed by atoms with Gasteiger partial charge < -0.3 is 10.5 Å². The molecule has 0 fully saturated rings. The van der Waals surface area contributed by atoms with Gasteiger partial charge in [0.25, 0.3) is 0 Å². The Hall–Kier alpha value is -1.32.